The molecular weight excluding hydrogens is 274 g/mol. The van der Waals surface area contributed by atoms with Gasteiger partial charge in [0.2, 0.25) is 5.91 Å². The van der Waals surface area contributed by atoms with Crippen LogP contribution in [-0.4, -0.2) is 44.5 Å². The van der Waals surface area contributed by atoms with Crippen LogP contribution in [-0.2, 0) is 24.3 Å². The molecule has 0 unspecified atom stereocenters. The summed E-state index contributed by atoms with van der Waals surface area (Å²) in [6.07, 6.45) is 0.434. The fraction of sp³-hybridized carbons (Fsp3) is 0.500. The van der Waals surface area contributed by atoms with Crippen LogP contribution in [0.4, 0.5) is 0 Å². The van der Waals surface area contributed by atoms with Crippen molar-refractivity contribution in [2.75, 3.05) is 13.2 Å². The highest BCUT2D eigenvalue weighted by Gasteiger charge is 2.28. The Labute approximate surface area is 121 Å². The van der Waals surface area contributed by atoms with E-state index in [4.69, 9.17) is 10.5 Å². The van der Waals surface area contributed by atoms with Gasteiger partial charge in [-0.2, -0.15) is 0 Å². The first-order chi connectivity index (χ1) is 9.88. The van der Waals surface area contributed by atoms with E-state index in [9.17, 15) is 14.7 Å². The predicted molar refractivity (Wildman–Crippen MR) is 76.8 cm³/mol. The minimum atomic E-state index is -0.468. The third-order valence-corrected chi connectivity index (χ3v) is 3.78. The van der Waals surface area contributed by atoms with E-state index in [-0.39, 0.29) is 42.8 Å². The number of carbonyl (C=O) groups excluding carboxylic acids is 1. The van der Waals surface area contributed by atoms with E-state index in [1.54, 1.807) is 4.90 Å². The van der Waals surface area contributed by atoms with Gasteiger partial charge < -0.3 is 20.5 Å². The maximum Gasteiger partial charge on any atom is 0.262 e. The van der Waals surface area contributed by atoms with Crippen LogP contribution >= 0.6 is 0 Å². The molecule has 1 aromatic rings. The SMILES string of the molecule is CC(=N)c1c2c(c(O)n(CCO)c1=O)CN(C(C)=O)CC2. The molecule has 0 aliphatic carbocycles. The minimum absolute atomic E-state index is 0.0434. The number of amides is 1. The molecule has 0 fully saturated rings. The molecule has 0 saturated heterocycles. The summed E-state index contributed by atoms with van der Waals surface area (Å²) in [5, 5.41) is 27.2. The van der Waals surface area contributed by atoms with Gasteiger partial charge in [-0.05, 0) is 18.9 Å². The number of nitrogens with zero attached hydrogens (tertiary/aromatic N) is 2. The zero-order valence-corrected chi connectivity index (χ0v) is 12.1. The van der Waals surface area contributed by atoms with Crippen molar-refractivity contribution in [3.8, 4) is 5.88 Å². The van der Waals surface area contributed by atoms with Crippen LogP contribution < -0.4 is 5.56 Å². The lowest BCUT2D eigenvalue weighted by molar-refractivity contribution is -0.129. The smallest absolute Gasteiger partial charge is 0.262 e. The van der Waals surface area contributed by atoms with E-state index in [1.165, 1.54) is 13.8 Å². The number of nitrogens with one attached hydrogen (secondary N) is 1. The summed E-state index contributed by atoms with van der Waals surface area (Å²) in [5.74, 6) is -0.326. The third kappa shape index (κ3) is 2.56. The molecule has 114 valence electrons. The van der Waals surface area contributed by atoms with Crippen molar-refractivity contribution < 1.29 is 15.0 Å². The van der Waals surface area contributed by atoms with Crippen LogP contribution in [0, 0.1) is 5.41 Å². The van der Waals surface area contributed by atoms with Gasteiger partial charge in [-0.15, -0.1) is 0 Å². The maximum atomic E-state index is 12.4. The first-order valence-corrected chi connectivity index (χ1v) is 6.77. The number of carbonyl (C=O) groups is 1. The van der Waals surface area contributed by atoms with Crippen molar-refractivity contribution in [3.63, 3.8) is 0 Å². The Morgan fingerprint density at radius 3 is 2.52 bits per heavy atom. The standard InChI is InChI=1S/C14H19N3O4/c1-8(15)12-10-3-4-16(9(2)19)7-11(10)13(20)17(5-6-18)14(12)21/h15,18,20H,3-7H2,1-2H3. The van der Waals surface area contributed by atoms with Crippen molar-refractivity contribution in [2.45, 2.75) is 33.4 Å². The second-order valence-electron chi connectivity index (χ2n) is 5.15. The number of hydrogen-bond donors (Lipinski definition) is 3. The zero-order chi connectivity index (χ0) is 15.7. The molecule has 0 atom stereocenters. The molecule has 0 radical (unpaired) electrons. The molecule has 21 heavy (non-hydrogen) atoms. The number of hydrogen-bond acceptors (Lipinski definition) is 5. The van der Waals surface area contributed by atoms with Crippen LogP contribution in [0.25, 0.3) is 0 Å². The Bertz CT molecular complexity index is 663. The quantitative estimate of drug-likeness (QED) is 0.673. The summed E-state index contributed by atoms with van der Waals surface area (Å²) < 4.78 is 1.07. The molecule has 1 aliphatic heterocycles. The monoisotopic (exact) mass is 293 g/mol. The lowest BCUT2D eigenvalue weighted by atomic mass is 9.94. The summed E-state index contributed by atoms with van der Waals surface area (Å²) >= 11 is 0. The lowest BCUT2D eigenvalue weighted by Gasteiger charge is -2.30. The molecule has 3 N–H and O–H groups in total. The van der Waals surface area contributed by atoms with Crippen LogP contribution in [0.1, 0.15) is 30.5 Å². The third-order valence-electron chi connectivity index (χ3n) is 3.78. The Morgan fingerprint density at radius 2 is 2.00 bits per heavy atom. The summed E-state index contributed by atoms with van der Waals surface area (Å²) in [7, 11) is 0. The second-order valence-corrected chi connectivity index (χ2v) is 5.15. The van der Waals surface area contributed by atoms with Crippen molar-refractivity contribution in [3.05, 3.63) is 27.0 Å². The minimum Gasteiger partial charge on any atom is -0.494 e. The highest BCUT2D eigenvalue weighted by Crippen LogP contribution is 2.28. The highest BCUT2D eigenvalue weighted by molar-refractivity contribution is 5.98. The highest BCUT2D eigenvalue weighted by atomic mass is 16.3. The van der Waals surface area contributed by atoms with Crippen LogP contribution in [0.15, 0.2) is 4.79 Å². The van der Waals surface area contributed by atoms with Crippen LogP contribution in [0.3, 0.4) is 0 Å². The molecule has 2 heterocycles. The number of aliphatic hydroxyl groups is 1. The van der Waals surface area contributed by atoms with Gasteiger partial charge in [0.15, 0.2) is 5.88 Å². The van der Waals surface area contributed by atoms with E-state index in [0.29, 0.717) is 24.1 Å². The number of aromatic hydroxyl groups is 1. The molecule has 2 rings (SSSR count). The topological polar surface area (TPSA) is 107 Å². The average Bonchev–Trinajstić information content (AvgIpc) is 2.42. The maximum absolute atomic E-state index is 12.4. The Morgan fingerprint density at radius 1 is 1.33 bits per heavy atom. The molecule has 0 bridgehead atoms. The second kappa shape index (κ2) is 5.69. The molecule has 1 aliphatic rings. The molecular formula is C14H19N3O4. The molecule has 1 aromatic heterocycles. The first-order valence-electron chi connectivity index (χ1n) is 6.77. The van der Waals surface area contributed by atoms with Gasteiger partial charge in [-0.1, -0.05) is 0 Å². The van der Waals surface area contributed by atoms with Gasteiger partial charge in [0.05, 0.1) is 25.3 Å². The Balaban J connectivity index is 2.69. The van der Waals surface area contributed by atoms with E-state index < -0.39 is 5.56 Å². The molecule has 0 saturated carbocycles. The predicted octanol–water partition coefficient (Wildman–Crippen LogP) is -0.161. The van der Waals surface area contributed by atoms with Crippen molar-refractivity contribution >= 4 is 11.6 Å². The normalized spacial score (nSPS) is 14.0. The molecule has 1 amide bonds. The summed E-state index contributed by atoms with van der Waals surface area (Å²) in [6.45, 7) is 3.31. The number of pyridine rings is 1. The number of rotatable bonds is 3. The summed E-state index contributed by atoms with van der Waals surface area (Å²) in [4.78, 5) is 25.5. The average molecular weight is 293 g/mol. The van der Waals surface area contributed by atoms with Gasteiger partial charge in [0.1, 0.15) is 0 Å². The van der Waals surface area contributed by atoms with Crippen LogP contribution in [0.5, 0.6) is 5.88 Å². The Hall–Kier alpha value is -2.15. The first kappa shape index (κ1) is 15.2. The van der Waals surface area contributed by atoms with E-state index in [2.05, 4.69) is 0 Å². The number of aromatic nitrogens is 1. The van der Waals surface area contributed by atoms with Gasteiger partial charge >= 0.3 is 0 Å². The molecule has 7 nitrogen and oxygen atoms in total. The molecule has 0 spiro atoms. The molecule has 0 aromatic carbocycles. The van der Waals surface area contributed by atoms with E-state index in [1.807, 2.05) is 0 Å². The zero-order valence-electron chi connectivity index (χ0n) is 12.1. The van der Waals surface area contributed by atoms with E-state index >= 15 is 0 Å². The molecule has 7 heteroatoms. The van der Waals surface area contributed by atoms with Crippen molar-refractivity contribution in [2.24, 2.45) is 0 Å². The fourth-order valence-corrected chi connectivity index (χ4v) is 2.73. The van der Waals surface area contributed by atoms with Gasteiger partial charge in [0.25, 0.3) is 5.56 Å². The van der Waals surface area contributed by atoms with Gasteiger partial charge in [-0.25, -0.2) is 0 Å². The summed E-state index contributed by atoms with van der Waals surface area (Å²) in [6, 6.07) is 0. The largest absolute Gasteiger partial charge is 0.494 e. The lowest BCUT2D eigenvalue weighted by Crippen LogP contribution is -2.39. The Kier molecular flexibility index (Phi) is 4.13. The van der Waals surface area contributed by atoms with Gasteiger partial charge in [0, 0.05) is 24.7 Å². The van der Waals surface area contributed by atoms with Gasteiger partial charge in [-0.3, -0.25) is 14.2 Å². The number of aliphatic hydroxyl groups excluding tert-OH is 1. The van der Waals surface area contributed by atoms with Crippen LogP contribution in [0.2, 0.25) is 0 Å². The van der Waals surface area contributed by atoms with E-state index in [0.717, 1.165) is 4.57 Å². The fourth-order valence-electron chi connectivity index (χ4n) is 2.73. The number of fused-ring (bicyclic) bond motifs is 1. The summed E-state index contributed by atoms with van der Waals surface area (Å²) in [5.41, 5.74) is 1.05. The van der Waals surface area contributed by atoms with Crippen molar-refractivity contribution in [1.29, 1.82) is 5.41 Å². The van der Waals surface area contributed by atoms with Crippen molar-refractivity contribution in [1.82, 2.24) is 9.47 Å².